The molecule has 1 aliphatic rings. The van der Waals surface area contributed by atoms with Crippen molar-refractivity contribution in [3.05, 3.63) is 51.9 Å². The average Bonchev–Trinajstić information content (AvgIpc) is 2.58. The van der Waals surface area contributed by atoms with Crippen molar-refractivity contribution in [3.63, 3.8) is 0 Å². The number of benzene rings is 2. The van der Waals surface area contributed by atoms with E-state index in [2.05, 4.69) is 11.9 Å². The van der Waals surface area contributed by atoms with Crippen molar-refractivity contribution in [1.82, 2.24) is 4.90 Å². The third-order valence-corrected chi connectivity index (χ3v) is 4.80. The van der Waals surface area contributed by atoms with E-state index in [1.165, 1.54) is 18.2 Å². The maximum absolute atomic E-state index is 13.5. The number of piperidine rings is 1. The molecule has 0 unspecified atom stereocenters. The second-order valence-electron chi connectivity index (χ2n) is 6.83. The highest BCUT2D eigenvalue weighted by Crippen LogP contribution is 2.31. The quantitative estimate of drug-likeness (QED) is 0.664. The molecular formula is C20H20FNO3. The maximum atomic E-state index is 13.5. The fraction of sp³-hybridized carbons (Fsp3) is 0.350. The highest BCUT2D eigenvalue weighted by molar-refractivity contribution is 5.92. The van der Waals surface area contributed by atoms with Gasteiger partial charge in [-0.15, -0.1) is 0 Å². The van der Waals surface area contributed by atoms with Crippen LogP contribution in [0.1, 0.15) is 18.4 Å². The lowest BCUT2D eigenvalue weighted by Crippen LogP contribution is -2.35. The molecule has 0 bridgehead atoms. The first-order valence-electron chi connectivity index (χ1n) is 8.53. The Morgan fingerprint density at radius 1 is 1.16 bits per heavy atom. The number of aryl methyl sites for hydroxylation is 1. The predicted octanol–water partition coefficient (Wildman–Crippen LogP) is 3.87. The van der Waals surface area contributed by atoms with E-state index in [0.717, 1.165) is 31.5 Å². The summed E-state index contributed by atoms with van der Waals surface area (Å²) in [6, 6.07) is 7.67. The van der Waals surface area contributed by atoms with Gasteiger partial charge in [0.1, 0.15) is 17.5 Å². The summed E-state index contributed by atoms with van der Waals surface area (Å²) in [4.78, 5) is 15.1. The molecule has 1 saturated heterocycles. The van der Waals surface area contributed by atoms with Crippen molar-refractivity contribution in [2.75, 3.05) is 20.1 Å². The van der Waals surface area contributed by atoms with Gasteiger partial charge in [0.15, 0.2) is 11.3 Å². The number of rotatable bonds is 2. The summed E-state index contributed by atoms with van der Waals surface area (Å²) in [5.41, 5.74) is 1.42. The Morgan fingerprint density at radius 2 is 1.92 bits per heavy atom. The lowest BCUT2D eigenvalue weighted by atomic mass is 10.1. The fourth-order valence-corrected chi connectivity index (χ4v) is 3.41. The van der Waals surface area contributed by atoms with Gasteiger partial charge in [-0.1, -0.05) is 0 Å². The van der Waals surface area contributed by atoms with Crippen LogP contribution in [0.25, 0.3) is 21.9 Å². The van der Waals surface area contributed by atoms with E-state index in [9.17, 15) is 9.18 Å². The van der Waals surface area contributed by atoms with Crippen LogP contribution in [0.15, 0.2) is 39.5 Å². The average molecular weight is 341 g/mol. The first-order valence-corrected chi connectivity index (χ1v) is 8.53. The van der Waals surface area contributed by atoms with E-state index in [1.54, 1.807) is 6.07 Å². The van der Waals surface area contributed by atoms with Crippen molar-refractivity contribution in [3.8, 4) is 5.75 Å². The van der Waals surface area contributed by atoms with Gasteiger partial charge in [-0.05, 0) is 56.6 Å². The van der Waals surface area contributed by atoms with Gasteiger partial charge in [-0.25, -0.2) is 4.39 Å². The zero-order chi connectivity index (χ0) is 17.6. The summed E-state index contributed by atoms with van der Waals surface area (Å²) >= 11 is 0. The van der Waals surface area contributed by atoms with E-state index >= 15 is 0 Å². The highest BCUT2D eigenvalue weighted by Gasteiger charge is 2.21. The molecule has 0 N–H and O–H groups in total. The second-order valence-corrected chi connectivity index (χ2v) is 6.83. The molecule has 0 saturated carbocycles. The molecule has 5 heteroatoms. The van der Waals surface area contributed by atoms with Gasteiger partial charge in [-0.3, -0.25) is 4.79 Å². The van der Waals surface area contributed by atoms with Crippen molar-refractivity contribution < 1.29 is 13.5 Å². The van der Waals surface area contributed by atoms with Crippen molar-refractivity contribution in [2.24, 2.45) is 0 Å². The molecule has 3 aromatic rings. The summed E-state index contributed by atoms with van der Waals surface area (Å²) in [5, 5.41) is 0.853. The molecule has 2 aromatic carbocycles. The minimum atomic E-state index is -0.431. The molecule has 0 spiro atoms. The molecule has 130 valence electrons. The summed E-state index contributed by atoms with van der Waals surface area (Å²) in [7, 11) is 2.10. The molecule has 1 aromatic heterocycles. The van der Waals surface area contributed by atoms with Crippen LogP contribution in [0.5, 0.6) is 5.75 Å². The van der Waals surface area contributed by atoms with Gasteiger partial charge in [0.25, 0.3) is 0 Å². The van der Waals surface area contributed by atoms with Crippen molar-refractivity contribution >= 4 is 21.9 Å². The van der Waals surface area contributed by atoms with Gasteiger partial charge < -0.3 is 14.1 Å². The third-order valence-electron chi connectivity index (χ3n) is 4.80. The van der Waals surface area contributed by atoms with Crippen LogP contribution in [0.2, 0.25) is 0 Å². The number of halogens is 1. The lowest BCUT2D eigenvalue weighted by Gasteiger charge is -2.29. The molecule has 1 fully saturated rings. The van der Waals surface area contributed by atoms with E-state index < -0.39 is 5.82 Å². The minimum absolute atomic E-state index is 0.0923. The SMILES string of the molecule is Cc1cc(OC2CCN(C)CC2)c2oc3cc(F)ccc3c(=O)c2c1. The van der Waals surface area contributed by atoms with Crippen LogP contribution >= 0.6 is 0 Å². The van der Waals surface area contributed by atoms with Crippen LogP contribution in [0.4, 0.5) is 4.39 Å². The predicted molar refractivity (Wildman–Crippen MR) is 95.8 cm³/mol. The van der Waals surface area contributed by atoms with Crippen molar-refractivity contribution in [2.45, 2.75) is 25.9 Å². The molecule has 0 aliphatic carbocycles. The smallest absolute Gasteiger partial charge is 0.200 e. The summed E-state index contributed by atoms with van der Waals surface area (Å²) in [6.07, 6.45) is 1.95. The van der Waals surface area contributed by atoms with Gasteiger partial charge in [0.2, 0.25) is 5.43 Å². The van der Waals surface area contributed by atoms with E-state index in [4.69, 9.17) is 9.15 Å². The summed E-state index contributed by atoms with van der Waals surface area (Å²) in [5.74, 6) is 0.132. The van der Waals surface area contributed by atoms with Crippen LogP contribution < -0.4 is 10.2 Å². The van der Waals surface area contributed by atoms with Crippen LogP contribution in [-0.4, -0.2) is 31.1 Å². The van der Waals surface area contributed by atoms with Gasteiger partial charge >= 0.3 is 0 Å². The molecule has 25 heavy (non-hydrogen) atoms. The summed E-state index contributed by atoms with van der Waals surface area (Å²) < 4.78 is 25.6. The van der Waals surface area contributed by atoms with E-state index in [1.807, 2.05) is 13.0 Å². The third kappa shape index (κ3) is 3.00. The number of hydrogen-bond acceptors (Lipinski definition) is 4. The maximum Gasteiger partial charge on any atom is 0.200 e. The molecule has 4 rings (SSSR count). The molecule has 1 aliphatic heterocycles. The van der Waals surface area contributed by atoms with Crippen LogP contribution in [-0.2, 0) is 0 Å². The Labute approximate surface area is 144 Å². The largest absolute Gasteiger partial charge is 0.486 e. The number of hydrogen-bond donors (Lipinski definition) is 0. The zero-order valence-corrected chi connectivity index (χ0v) is 14.3. The van der Waals surface area contributed by atoms with Gasteiger partial charge in [0.05, 0.1) is 10.8 Å². The van der Waals surface area contributed by atoms with Crippen LogP contribution in [0.3, 0.4) is 0 Å². The molecule has 0 amide bonds. The second kappa shape index (κ2) is 6.15. The number of ether oxygens (including phenoxy) is 1. The molecular weight excluding hydrogens is 321 g/mol. The lowest BCUT2D eigenvalue weighted by molar-refractivity contribution is 0.114. The Balaban J connectivity index is 1.85. The number of nitrogens with zero attached hydrogens (tertiary/aromatic N) is 1. The minimum Gasteiger partial charge on any atom is -0.486 e. The molecule has 0 atom stereocenters. The van der Waals surface area contributed by atoms with Gasteiger partial charge in [-0.2, -0.15) is 0 Å². The highest BCUT2D eigenvalue weighted by atomic mass is 19.1. The standard InChI is InChI=1S/C20H20FNO3/c1-12-9-16-19(23)15-4-3-13(21)11-17(15)25-20(16)18(10-12)24-14-5-7-22(2)8-6-14/h3-4,9-11,14H,5-8H2,1-2H3. The Hall–Kier alpha value is -2.40. The first kappa shape index (κ1) is 16.1. The Morgan fingerprint density at radius 3 is 2.68 bits per heavy atom. The number of likely N-dealkylation sites (tertiary alicyclic amines) is 1. The Kier molecular flexibility index (Phi) is 3.96. The molecule has 0 radical (unpaired) electrons. The first-order chi connectivity index (χ1) is 12.0. The van der Waals surface area contributed by atoms with Gasteiger partial charge in [0, 0.05) is 19.2 Å². The van der Waals surface area contributed by atoms with E-state index in [0.29, 0.717) is 22.1 Å². The monoisotopic (exact) mass is 341 g/mol. The molecule has 4 nitrogen and oxygen atoms in total. The normalized spacial score (nSPS) is 16.6. The topological polar surface area (TPSA) is 42.7 Å². The van der Waals surface area contributed by atoms with Crippen molar-refractivity contribution in [1.29, 1.82) is 0 Å². The van der Waals surface area contributed by atoms with Crippen LogP contribution in [0, 0.1) is 12.7 Å². The number of fused-ring (bicyclic) bond motifs is 2. The fourth-order valence-electron chi connectivity index (χ4n) is 3.41. The Bertz CT molecular complexity index is 1000. The molecule has 2 heterocycles. The zero-order valence-electron chi connectivity index (χ0n) is 14.3. The summed E-state index contributed by atoms with van der Waals surface area (Å²) in [6.45, 7) is 3.88. The van der Waals surface area contributed by atoms with E-state index in [-0.39, 0.29) is 17.1 Å².